The highest BCUT2D eigenvalue weighted by atomic mass is 16.9. The van der Waals surface area contributed by atoms with E-state index in [1.807, 2.05) is 36.4 Å². The van der Waals surface area contributed by atoms with Crippen LogP contribution in [0.1, 0.15) is 11.1 Å². The fraction of sp³-hybridized carbons (Fsp3) is 0.250. The fourth-order valence-corrected chi connectivity index (χ4v) is 1.96. The predicted octanol–water partition coefficient (Wildman–Crippen LogP) is 5.42. The Labute approximate surface area is 169 Å². The molecule has 0 radical (unpaired) electrons. The summed E-state index contributed by atoms with van der Waals surface area (Å²) >= 11 is 0. The zero-order valence-electron chi connectivity index (χ0n) is 16.7. The van der Waals surface area contributed by atoms with Gasteiger partial charge in [0.1, 0.15) is 6.61 Å². The lowest BCUT2D eigenvalue weighted by Gasteiger charge is -2.31. The zero-order chi connectivity index (χ0) is 21.1. The lowest BCUT2D eigenvalue weighted by molar-refractivity contribution is -0.384. The summed E-state index contributed by atoms with van der Waals surface area (Å²) in [6, 6.07) is 8.02. The van der Waals surface area contributed by atoms with Gasteiger partial charge in [-0.05, 0) is 11.1 Å². The Bertz CT molecular complexity index is 561. The molecule has 0 heterocycles. The molecule has 28 heavy (non-hydrogen) atoms. The van der Waals surface area contributed by atoms with Crippen molar-refractivity contribution >= 4 is 12.2 Å². The molecule has 0 saturated carbocycles. The van der Waals surface area contributed by atoms with Gasteiger partial charge in [-0.15, -0.1) is 26.3 Å². The van der Waals surface area contributed by atoms with E-state index in [2.05, 4.69) is 39.5 Å². The Morgan fingerprint density at radius 3 is 1.36 bits per heavy atom. The molecule has 0 aliphatic carbocycles. The molecule has 0 fully saturated rings. The fourth-order valence-electron chi connectivity index (χ4n) is 1.96. The summed E-state index contributed by atoms with van der Waals surface area (Å²) in [5.74, 6) is -1.28. The van der Waals surface area contributed by atoms with E-state index in [1.165, 1.54) is 0 Å². The first-order chi connectivity index (χ1) is 13.6. The molecule has 1 aromatic rings. The molecule has 0 spiro atoms. The summed E-state index contributed by atoms with van der Waals surface area (Å²) in [6.07, 6.45) is 10.1. The van der Waals surface area contributed by atoms with Crippen LogP contribution in [0.4, 0.5) is 0 Å². The largest absolute Gasteiger partial charge is 0.369 e. The van der Waals surface area contributed by atoms with Gasteiger partial charge in [-0.25, -0.2) is 0 Å². The van der Waals surface area contributed by atoms with Crippen molar-refractivity contribution in [2.45, 2.75) is 5.97 Å². The standard InChI is InChI=1S/C14H22O4.C10H10/c1-5-9-15-13-14(16-10-6-2,17-11-7-3)18-12-8-4;1-3-9-7-5-6-8-10(9)4-2/h5-8H,1-4,9-13H2;3-8H,1-2H2. The van der Waals surface area contributed by atoms with Gasteiger partial charge in [0, 0.05) is 0 Å². The van der Waals surface area contributed by atoms with Gasteiger partial charge in [-0.2, -0.15) is 0 Å². The Balaban J connectivity index is 0.000000609. The summed E-state index contributed by atoms with van der Waals surface area (Å²) in [5, 5.41) is 0. The molecular weight excluding hydrogens is 352 g/mol. The van der Waals surface area contributed by atoms with Crippen molar-refractivity contribution in [3.63, 3.8) is 0 Å². The smallest absolute Gasteiger partial charge is 0.308 e. The maximum absolute atomic E-state index is 5.51. The van der Waals surface area contributed by atoms with E-state index >= 15 is 0 Å². The second-order valence-electron chi connectivity index (χ2n) is 5.32. The topological polar surface area (TPSA) is 36.9 Å². The molecule has 152 valence electrons. The van der Waals surface area contributed by atoms with Crippen molar-refractivity contribution in [2.75, 3.05) is 33.0 Å². The number of ether oxygens (including phenoxy) is 4. The second kappa shape index (κ2) is 16.7. The maximum atomic E-state index is 5.51. The van der Waals surface area contributed by atoms with Gasteiger partial charge in [-0.1, -0.05) is 73.9 Å². The SMILES string of the molecule is C=CCOCC(OCC=C)(OCC=C)OCC=C.C=Cc1ccccc1C=C. The first-order valence-corrected chi connectivity index (χ1v) is 8.90. The molecule has 0 aliphatic heterocycles. The lowest BCUT2D eigenvalue weighted by atomic mass is 10.1. The van der Waals surface area contributed by atoms with Gasteiger partial charge in [0.15, 0.2) is 0 Å². The second-order valence-corrected chi connectivity index (χ2v) is 5.32. The molecule has 1 aromatic carbocycles. The minimum atomic E-state index is -1.28. The van der Waals surface area contributed by atoms with Crippen LogP contribution in [0, 0.1) is 0 Å². The van der Waals surface area contributed by atoms with Crippen LogP contribution in [0.15, 0.2) is 88.0 Å². The van der Waals surface area contributed by atoms with E-state index in [4.69, 9.17) is 18.9 Å². The summed E-state index contributed by atoms with van der Waals surface area (Å²) < 4.78 is 21.9. The van der Waals surface area contributed by atoms with Crippen molar-refractivity contribution in [2.24, 2.45) is 0 Å². The van der Waals surface area contributed by atoms with E-state index in [0.717, 1.165) is 11.1 Å². The van der Waals surface area contributed by atoms with Crippen molar-refractivity contribution in [3.05, 3.63) is 99.2 Å². The monoisotopic (exact) mass is 384 g/mol. The van der Waals surface area contributed by atoms with Crippen molar-refractivity contribution in [1.82, 2.24) is 0 Å². The van der Waals surface area contributed by atoms with E-state index in [-0.39, 0.29) is 26.4 Å². The van der Waals surface area contributed by atoms with Crippen LogP contribution in [0.5, 0.6) is 0 Å². The summed E-state index contributed by atoms with van der Waals surface area (Å²) in [6.45, 7) is 23.1. The van der Waals surface area contributed by atoms with Crippen LogP contribution >= 0.6 is 0 Å². The van der Waals surface area contributed by atoms with Crippen LogP contribution < -0.4 is 0 Å². The average molecular weight is 385 g/mol. The molecule has 0 aliphatic rings. The van der Waals surface area contributed by atoms with E-state index in [1.54, 1.807) is 24.3 Å². The van der Waals surface area contributed by atoms with Gasteiger partial charge in [0.25, 0.3) is 0 Å². The van der Waals surface area contributed by atoms with Gasteiger partial charge < -0.3 is 18.9 Å². The number of hydrogen-bond donors (Lipinski definition) is 0. The van der Waals surface area contributed by atoms with Crippen LogP contribution in [0.2, 0.25) is 0 Å². The quantitative estimate of drug-likeness (QED) is 0.230. The molecule has 0 aromatic heterocycles. The van der Waals surface area contributed by atoms with Crippen LogP contribution in [0.3, 0.4) is 0 Å². The Morgan fingerprint density at radius 2 is 1.04 bits per heavy atom. The summed E-state index contributed by atoms with van der Waals surface area (Å²) in [5.41, 5.74) is 2.27. The average Bonchev–Trinajstić information content (AvgIpc) is 2.75. The predicted molar refractivity (Wildman–Crippen MR) is 119 cm³/mol. The van der Waals surface area contributed by atoms with Gasteiger partial charge >= 0.3 is 5.97 Å². The van der Waals surface area contributed by atoms with Crippen molar-refractivity contribution in [3.8, 4) is 0 Å². The molecule has 0 unspecified atom stereocenters. The van der Waals surface area contributed by atoms with E-state index in [9.17, 15) is 0 Å². The Hall–Kier alpha value is -2.50. The highest BCUT2D eigenvalue weighted by Gasteiger charge is 2.33. The third-order valence-corrected chi connectivity index (χ3v) is 3.21. The van der Waals surface area contributed by atoms with Crippen LogP contribution in [-0.4, -0.2) is 39.0 Å². The molecular formula is C24H32O4. The summed E-state index contributed by atoms with van der Waals surface area (Å²) in [4.78, 5) is 0. The molecule has 0 saturated heterocycles. The van der Waals surface area contributed by atoms with Gasteiger partial charge in [0.05, 0.1) is 26.4 Å². The molecule has 0 N–H and O–H groups in total. The molecule has 1 rings (SSSR count). The molecule has 4 heteroatoms. The van der Waals surface area contributed by atoms with Crippen LogP contribution in [-0.2, 0) is 18.9 Å². The third kappa shape index (κ3) is 10.6. The Morgan fingerprint density at radius 1 is 0.643 bits per heavy atom. The highest BCUT2D eigenvalue weighted by molar-refractivity contribution is 5.63. The highest BCUT2D eigenvalue weighted by Crippen LogP contribution is 2.17. The van der Waals surface area contributed by atoms with Crippen LogP contribution in [0.25, 0.3) is 12.2 Å². The minimum Gasteiger partial charge on any atom is -0.369 e. The number of hydrogen-bond acceptors (Lipinski definition) is 4. The normalized spacial score (nSPS) is 10.1. The zero-order valence-corrected chi connectivity index (χ0v) is 16.7. The van der Waals surface area contributed by atoms with Crippen molar-refractivity contribution in [1.29, 1.82) is 0 Å². The number of rotatable bonds is 15. The maximum Gasteiger partial charge on any atom is 0.308 e. The number of benzene rings is 1. The van der Waals surface area contributed by atoms with E-state index in [0.29, 0.717) is 6.61 Å². The first kappa shape index (κ1) is 25.5. The van der Waals surface area contributed by atoms with Crippen molar-refractivity contribution < 1.29 is 18.9 Å². The summed E-state index contributed by atoms with van der Waals surface area (Å²) in [7, 11) is 0. The first-order valence-electron chi connectivity index (χ1n) is 8.90. The van der Waals surface area contributed by atoms with E-state index < -0.39 is 5.97 Å². The Kier molecular flexibility index (Phi) is 15.2. The molecule has 4 nitrogen and oxygen atoms in total. The van der Waals surface area contributed by atoms with Gasteiger partial charge in [0.2, 0.25) is 0 Å². The minimum absolute atomic E-state index is 0.120. The lowest BCUT2D eigenvalue weighted by Crippen LogP contribution is -2.44. The third-order valence-electron chi connectivity index (χ3n) is 3.21. The molecule has 0 amide bonds. The van der Waals surface area contributed by atoms with Gasteiger partial charge in [-0.3, -0.25) is 0 Å². The molecule has 0 atom stereocenters. The molecule has 0 bridgehead atoms.